The van der Waals surface area contributed by atoms with Crippen molar-refractivity contribution in [2.45, 2.75) is 6.92 Å². The fraction of sp³-hybridized carbons (Fsp3) is 0.154. The summed E-state index contributed by atoms with van der Waals surface area (Å²) < 4.78 is 5.10. The molecule has 0 aliphatic carbocycles. The van der Waals surface area contributed by atoms with Crippen molar-refractivity contribution in [1.29, 1.82) is 0 Å². The minimum Gasteiger partial charge on any atom is -0.507 e. The zero-order chi connectivity index (χ0) is 11.5. The summed E-state index contributed by atoms with van der Waals surface area (Å²) >= 11 is 0. The monoisotopic (exact) mass is 215 g/mol. The van der Waals surface area contributed by atoms with E-state index in [0.29, 0.717) is 5.75 Å². The minimum atomic E-state index is 0.251. The maximum Gasteiger partial charge on any atom is 0.137 e. The summed E-state index contributed by atoms with van der Waals surface area (Å²) in [6.07, 6.45) is 3.34. The van der Waals surface area contributed by atoms with Gasteiger partial charge in [0.1, 0.15) is 11.5 Å². The molecule has 0 aliphatic rings. The predicted molar refractivity (Wildman–Crippen MR) is 62.6 cm³/mol. The number of aryl methyl sites for hydroxylation is 1. The molecule has 1 heterocycles. The summed E-state index contributed by atoms with van der Waals surface area (Å²) in [5.41, 5.74) is 2.71. The van der Waals surface area contributed by atoms with Gasteiger partial charge in [0.15, 0.2) is 0 Å². The number of methoxy groups -OCH3 is 1. The average molecular weight is 215 g/mol. The SMILES string of the molecule is COc1cncc(-c2cc(C)ccc2O)c1. The van der Waals surface area contributed by atoms with E-state index in [-0.39, 0.29) is 5.75 Å². The summed E-state index contributed by atoms with van der Waals surface area (Å²) in [5.74, 6) is 0.930. The molecule has 1 aromatic heterocycles. The van der Waals surface area contributed by atoms with Crippen molar-refractivity contribution in [3.8, 4) is 22.6 Å². The quantitative estimate of drug-likeness (QED) is 0.837. The van der Waals surface area contributed by atoms with E-state index in [1.54, 1.807) is 25.6 Å². The van der Waals surface area contributed by atoms with Gasteiger partial charge in [-0.2, -0.15) is 0 Å². The van der Waals surface area contributed by atoms with E-state index in [1.807, 2.05) is 25.1 Å². The Kier molecular flexibility index (Phi) is 2.77. The molecule has 16 heavy (non-hydrogen) atoms. The van der Waals surface area contributed by atoms with Gasteiger partial charge in [0.05, 0.1) is 13.3 Å². The van der Waals surface area contributed by atoms with Crippen LogP contribution in [0.5, 0.6) is 11.5 Å². The number of benzene rings is 1. The topological polar surface area (TPSA) is 42.4 Å². The standard InChI is InChI=1S/C13H13NO2/c1-9-3-4-13(15)12(5-9)10-6-11(16-2)8-14-7-10/h3-8,15H,1-2H3. The van der Waals surface area contributed by atoms with Crippen LogP contribution in [0, 0.1) is 6.92 Å². The first-order valence-corrected chi connectivity index (χ1v) is 5.00. The Morgan fingerprint density at radius 3 is 2.75 bits per heavy atom. The minimum absolute atomic E-state index is 0.251. The van der Waals surface area contributed by atoms with Gasteiger partial charge in [-0.15, -0.1) is 0 Å². The molecular weight excluding hydrogens is 202 g/mol. The Hall–Kier alpha value is -2.03. The Bertz CT molecular complexity index is 509. The lowest BCUT2D eigenvalue weighted by atomic mass is 10.0. The molecule has 2 aromatic rings. The number of pyridine rings is 1. The summed E-state index contributed by atoms with van der Waals surface area (Å²) in [6.45, 7) is 1.98. The zero-order valence-corrected chi connectivity index (χ0v) is 9.27. The first-order chi connectivity index (χ1) is 7.70. The van der Waals surface area contributed by atoms with Crippen molar-refractivity contribution >= 4 is 0 Å². The molecule has 2 rings (SSSR count). The van der Waals surface area contributed by atoms with E-state index in [1.165, 1.54) is 0 Å². The fourth-order valence-corrected chi connectivity index (χ4v) is 1.56. The van der Waals surface area contributed by atoms with E-state index < -0.39 is 0 Å². The van der Waals surface area contributed by atoms with E-state index >= 15 is 0 Å². The van der Waals surface area contributed by atoms with Crippen LogP contribution in [0.15, 0.2) is 36.7 Å². The van der Waals surface area contributed by atoms with Crippen LogP contribution in [0.25, 0.3) is 11.1 Å². The van der Waals surface area contributed by atoms with Gasteiger partial charge in [0.2, 0.25) is 0 Å². The summed E-state index contributed by atoms with van der Waals surface area (Å²) in [4.78, 5) is 4.07. The van der Waals surface area contributed by atoms with Crippen molar-refractivity contribution in [3.05, 3.63) is 42.2 Å². The third-order valence-electron chi connectivity index (χ3n) is 2.41. The maximum absolute atomic E-state index is 9.78. The molecule has 0 unspecified atom stereocenters. The smallest absolute Gasteiger partial charge is 0.137 e. The lowest BCUT2D eigenvalue weighted by Gasteiger charge is -2.07. The number of rotatable bonds is 2. The molecular formula is C13H13NO2. The average Bonchev–Trinajstić information content (AvgIpc) is 2.32. The van der Waals surface area contributed by atoms with Crippen LogP contribution in [0.4, 0.5) is 0 Å². The molecule has 0 radical (unpaired) electrons. The van der Waals surface area contributed by atoms with Crippen LogP contribution >= 0.6 is 0 Å². The van der Waals surface area contributed by atoms with Gasteiger partial charge in [-0.1, -0.05) is 11.6 Å². The van der Waals surface area contributed by atoms with E-state index in [9.17, 15) is 5.11 Å². The van der Waals surface area contributed by atoms with E-state index in [0.717, 1.165) is 16.7 Å². The molecule has 3 nitrogen and oxygen atoms in total. The van der Waals surface area contributed by atoms with Gasteiger partial charge in [-0.05, 0) is 25.1 Å². The number of aromatic nitrogens is 1. The molecule has 0 fully saturated rings. The normalized spacial score (nSPS) is 10.1. The number of aromatic hydroxyl groups is 1. The second-order valence-electron chi connectivity index (χ2n) is 3.63. The molecule has 0 saturated heterocycles. The summed E-state index contributed by atoms with van der Waals surface area (Å²) in [5, 5.41) is 9.78. The van der Waals surface area contributed by atoms with Crippen LogP contribution in [0.2, 0.25) is 0 Å². The highest BCUT2D eigenvalue weighted by Crippen LogP contribution is 2.31. The lowest BCUT2D eigenvalue weighted by Crippen LogP contribution is -1.87. The molecule has 0 amide bonds. The van der Waals surface area contributed by atoms with Gasteiger partial charge in [-0.3, -0.25) is 4.98 Å². The molecule has 3 heteroatoms. The zero-order valence-electron chi connectivity index (χ0n) is 9.27. The van der Waals surface area contributed by atoms with Gasteiger partial charge in [0.25, 0.3) is 0 Å². The van der Waals surface area contributed by atoms with Crippen molar-refractivity contribution in [1.82, 2.24) is 4.98 Å². The molecule has 0 aliphatic heterocycles. The first kappa shape index (κ1) is 10.5. The molecule has 0 atom stereocenters. The van der Waals surface area contributed by atoms with Gasteiger partial charge < -0.3 is 9.84 Å². The summed E-state index contributed by atoms with van der Waals surface area (Å²) in [7, 11) is 1.59. The Labute approximate surface area is 94.3 Å². The number of ether oxygens (including phenoxy) is 1. The van der Waals surface area contributed by atoms with Crippen molar-refractivity contribution in [3.63, 3.8) is 0 Å². The number of phenols is 1. The molecule has 82 valence electrons. The van der Waals surface area contributed by atoms with Gasteiger partial charge in [-0.25, -0.2) is 0 Å². The van der Waals surface area contributed by atoms with Crippen molar-refractivity contribution < 1.29 is 9.84 Å². The van der Waals surface area contributed by atoms with Crippen molar-refractivity contribution in [2.24, 2.45) is 0 Å². The molecule has 0 spiro atoms. The summed E-state index contributed by atoms with van der Waals surface area (Å²) in [6, 6.07) is 7.32. The van der Waals surface area contributed by atoms with Crippen LogP contribution < -0.4 is 4.74 Å². The fourth-order valence-electron chi connectivity index (χ4n) is 1.56. The third kappa shape index (κ3) is 1.98. The third-order valence-corrected chi connectivity index (χ3v) is 2.41. The largest absolute Gasteiger partial charge is 0.507 e. The van der Waals surface area contributed by atoms with Gasteiger partial charge in [0, 0.05) is 17.3 Å². The van der Waals surface area contributed by atoms with Gasteiger partial charge >= 0.3 is 0 Å². The first-order valence-electron chi connectivity index (χ1n) is 5.00. The Morgan fingerprint density at radius 2 is 2.00 bits per heavy atom. The van der Waals surface area contributed by atoms with Crippen LogP contribution in [0.3, 0.4) is 0 Å². The highest BCUT2D eigenvalue weighted by Gasteiger charge is 2.05. The number of hydrogen-bond donors (Lipinski definition) is 1. The maximum atomic E-state index is 9.78. The highest BCUT2D eigenvalue weighted by atomic mass is 16.5. The van der Waals surface area contributed by atoms with Crippen LogP contribution in [-0.2, 0) is 0 Å². The second kappa shape index (κ2) is 4.23. The Morgan fingerprint density at radius 1 is 1.19 bits per heavy atom. The molecule has 1 N–H and O–H groups in total. The lowest BCUT2D eigenvalue weighted by molar-refractivity contribution is 0.413. The van der Waals surface area contributed by atoms with Crippen LogP contribution in [-0.4, -0.2) is 17.2 Å². The van der Waals surface area contributed by atoms with E-state index in [2.05, 4.69) is 4.98 Å². The molecule has 0 saturated carbocycles. The molecule has 0 bridgehead atoms. The second-order valence-corrected chi connectivity index (χ2v) is 3.63. The highest BCUT2D eigenvalue weighted by molar-refractivity contribution is 5.70. The predicted octanol–water partition coefficient (Wildman–Crippen LogP) is 2.77. The molecule has 1 aromatic carbocycles. The number of phenolic OH excluding ortho intramolecular Hbond substituents is 1. The van der Waals surface area contributed by atoms with Crippen LogP contribution in [0.1, 0.15) is 5.56 Å². The van der Waals surface area contributed by atoms with Crippen molar-refractivity contribution in [2.75, 3.05) is 7.11 Å². The number of nitrogens with zero attached hydrogens (tertiary/aromatic N) is 1. The van der Waals surface area contributed by atoms with E-state index in [4.69, 9.17) is 4.74 Å². The number of hydrogen-bond acceptors (Lipinski definition) is 3. The Balaban J connectivity index is 2.53.